The standard InChI is InChI=1S/C21H16O5/c1-23-18-6-4-13(9-21(18)24-2)3-5-15-11-17(22)16-10-14-7-8-25-19(14)12-20(16)26-15/h3-12H,1-2H3. The quantitative estimate of drug-likeness (QED) is 0.534. The highest BCUT2D eigenvalue weighted by molar-refractivity contribution is 5.93. The van der Waals surface area contributed by atoms with Crippen LogP contribution in [0.4, 0.5) is 0 Å². The van der Waals surface area contributed by atoms with Gasteiger partial charge in [0.05, 0.1) is 25.9 Å². The van der Waals surface area contributed by atoms with Gasteiger partial charge in [-0.3, -0.25) is 4.79 Å². The van der Waals surface area contributed by atoms with E-state index in [1.54, 1.807) is 38.7 Å². The molecule has 2 aromatic carbocycles. The van der Waals surface area contributed by atoms with Crippen molar-refractivity contribution in [3.8, 4) is 11.5 Å². The first kappa shape index (κ1) is 16.0. The summed E-state index contributed by atoms with van der Waals surface area (Å²) in [6, 6.07) is 12.4. The predicted octanol–water partition coefficient (Wildman–Crippen LogP) is 4.73. The molecule has 4 aromatic rings. The first-order chi connectivity index (χ1) is 12.7. The van der Waals surface area contributed by atoms with Crippen LogP contribution in [0.1, 0.15) is 11.3 Å². The van der Waals surface area contributed by atoms with E-state index in [0.29, 0.717) is 33.8 Å². The summed E-state index contributed by atoms with van der Waals surface area (Å²) >= 11 is 0. The first-order valence-corrected chi connectivity index (χ1v) is 8.03. The number of benzene rings is 2. The molecule has 0 aliphatic heterocycles. The molecular weight excluding hydrogens is 332 g/mol. The highest BCUT2D eigenvalue weighted by atomic mass is 16.5. The largest absolute Gasteiger partial charge is 0.493 e. The Morgan fingerprint density at radius 2 is 1.73 bits per heavy atom. The van der Waals surface area contributed by atoms with Gasteiger partial charge in [0.2, 0.25) is 0 Å². The van der Waals surface area contributed by atoms with Gasteiger partial charge in [0.1, 0.15) is 16.9 Å². The number of furan rings is 1. The predicted molar refractivity (Wildman–Crippen MR) is 101 cm³/mol. The Labute approximate surface area is 149 Å². The Bertz CT molecular complexity index is 1180. The Morgan fingerprint density at radius 3 is 2.54 bits per heavy atom. The smallest absolute Gasteiger partial charge is 0.193 e. The third kappa shape index (κ3) is 2.84. The second kappa shape index (κ2) is 6.44. The number of rotatable bonds is 4. The summed E-state index contributed by atoms with van der Waals surface area (Å²) in [6.07, 6.45) is 5.18. The monoisotopic (exact) mass is 348 g/mol. The van der Waals surface area contributed by atoms with Gasteiger partial charge < -0.3 is 18.3 Å². The molecule has 2 aromatic heterocycles. The van der Waals surface area contributed by atoms with E-state index >= 15 is 0 Å². The molecule has 5 heteroatoms. The van der Waals surface area contributed by atoms with Gasteiger partial charge in [0, 0.05) is 17.5 Å². The minimum Gasteiger partial charge on any atom is -0.493 e. The van der Waals surface area contributed by atoms with Gasteiger partial charge in [-0.2, -0.15) is 0 Å². The van der Waals surface area contributed by atoms with Crippen molar-refractivity contribution in [2.75, 3.05) is 14.2 Å². The number of hydrogen-bond donors (Lipinski definition) is 0. The summed E-state index contributed by atoms with van der Waals surface area (Å²) in [7, 11) is 3.18. The molecule has 0 bridgehead atoms. The van der Waals surface area contributed by atoms with Crippen LogP contribution < -0.4 is 14.9 Å². The summed E-state index contributed by atoms with van der Waals surface area (Å²) in [4.78, 5) is 12.4. The van der Waals surface area contributed by atoms with E-state index in [0.717, 1.165) is 10.9 Å². The molecule has 0 atom stereocenters. The zero-order valence-corrected chi connectivity index (χ0v) is 14.3. The van der Waals surface area contributed by atoms with E-state index in [4.69, 9.17) is 18.3 Å². The maximum absolute atomic E-state index is 12.4. The SMILES string of the molecule is COc1ccc(C=Cc2cc(=O)c3cc4ccoc4cc3o2)cc1OC. The van der Waals surface area contributed by atoms with E-state index in [2.05, 4.69) is 0 Å². The summed E-state index contributed by atoms with van der Waals surface area (Å²) in [6.45, 7) is 0. The van der Waals surface area contributed by atoms with Gasteiger partial charge in [-0.25, -0.2) is 0 Å². The third-order valence-electron chi connectivity index (χ3n) is 4.17. The summed E-state index contributed by atoms with van der Waals surface area (Å²) in [5.74, 6) is 1.75. The first-order valence-electron chi connectivity index (χ1n) is 8.03. The Morgan fingerprint density at radius 1 is 0.885 bits per heavy atom. The van der Waals surface area contributed by atoms with E-state index < -0.39 is 0 Å². The van der Waals surface area contributed by atoms with Gasteiger partial charge in [-0.15, -0.1) is 0 Å². The lowest BCUT2D eigenvalue weighted by Gasteiger charge is -2.07. The van der Waals surface area contributed by atoms with Crippen molar-refractivity contribution in [3.63, 3.8) is 0 Å². The van der Waals surface area contributed by atoms with Crippen LogP contribution in [0.25, 0.3) is 34.1 Å². The minimum atomic E-state index is -0.0960. The molecule has 0 saturated carbocycles. The molecule has 0 N–H and O–H groups in total. The number of hydrogen-bond acceptors (Lipinski definition) is 5. The fraction of sp³-hybridized carbons (Fsp3) is 0.0952. The second-order valence-corrected chi connectivity index (χ2v) is 5.77. The van der Waals surface area contributed by atoms with Crippen LogP contribution in [0, 0.1) is 0 Å². The van der Waals surface area contributed by atoms with Crippen LogP contribution >= 0.6 is 0 Å². The van der Waals surface area contributed by atoms with Gasteiger partial charge in [-0.05, 0) is 35.9 Å². The Kier molecular flexibility index (Phi) is 3.97. The molecule has 130 valence electrons. The lowest BCUT2D eigenvalue weighted by molar-refractivity contribution is 0.355. The summed E-state index contributed by atoms with van der Waals surface area (Å²) in [5.41, 5.74) is 1.97. The van der Waals surface area contributed by atoms with E-state index in [1.165, 1.54) is 6.07 Å². The van der Waals surface area contributed by atoms with Crippen LogP contribution in [-0.4, -0.2) is 14.2 Å². The van der Waals surface area contributed by atoms with Crippen molar-refractivity contribution in [3.05, 3.63) is 70.3 Å². The van der Waals surface area contributed by atoms with Gasteiger partial charge >= 0.3 is 0 Å². The Balaban J connectivity index is 1.73. The fourth-order valence-electron chi connectivity index (χ4n) is 2.85. The zero-order chi connectivity index (χ0) is 18.1. The van der Waals surface area contributed by atoms with Gasteiger partial charge in [-0.1, -0.05) is 12.1 Å². The molecule has 0 aliphatic carbocycles. The normalized spacial score (nSPS) is 11.5. The molecule has 0 spiro atoms. The van der Waals surface area contributed by atoms with Crippen molar-refractivity contribution in [1.29, 1.82) is 0 Å². The highest BCUT2D eigenvalue weighted by Gasteiger charge is 2.07. The molecule has 0 radical (unpaired) electrons. The third-order valence-corrected chi connectivity index (χ3v) is 4.17. The number of ether oxygens (including phenoxy) is 2. The molecule has 0 amide bonds. The molecule has 2 heterocycles. The molecule has 0 fully saturated rings. The highest BCUT2D eigenvalue weighted by Crippen LogP contribution is 2.28. The fourth-order valence-corrected chi connectivity index (χ4v) is 2.85. The molecule has 5 nitrogen and oxygen atoms in total. The van der Waals surface area contributed by atoms with E-state index in [-0.39, 0.29) is 5.43 Å². The lowest BCUT2D eigenvalue weighted by Crippen LogP contribution is -1.99. The number of fused-ring (bicyclic) bond motifs is 2. The van der Waals surface area contributed by atoms with Crippen LogP contribution in [-0.2, 0) is 0 Å². The van der Waals surface area contributed by atoms with Crippen molar-refractivity contribution >= 4 is 34.1 Å². The molecule has 26 heavy (non-hydrogen) atoms. The molecule has 0 aliphatic rings. The van der Waals surface area contributed by atoms with E-state index in [1.807, 2.05) is 30.3 Å². The van der Waals surface area contributed by atoms with Crippen molar-refractivity contribution in [1.82, 2.24) is 0 Å². The van der Waals surface area contributed by atoms with Crippen LogP contribution in [0.3, 0.4) is 0 Å². The Hall–Kier alpha value is -3.47. The maximum atomic E-state index is 12.4. The molecule has 4 rings (SSSR count). The molecule has 0 unspecified atom stereocenters. The van der Waals surface area contributed by atoms with Crippen LogP contribution in [0.5, 0.6) is 11.5 Å². The average Bonchev–Trinajstić information content (AvgIpc) is 3.12. The van der Waals surface area contributed by atoms with Crippen molar-refractivity contribution in [2.45, 2.75) is 0 Å². The maximum Gasteiger partial charge on any atom is 0.193 e. The van der Waals surface area contributed by atoms with Gasteiger partial charge in [0.25, 0.3) is 0 Å². The van der Waals surface area contributed by atoms with Crippen LogP contribution in [0.15, 0.2) is 62.4 Å². The van der Waals surface area contributed by atoms with Gasteiger partial charge in [0.15, 0.2) is 16.9 Å². The summed E-state index contributed by atoms with van der Waals surface area (Å²) < 4.78 is 21.7. The molecular formula is C21H16O5. The second-order valence-electron chi connectivity index (χ2n) is 5.77. The topological polar surface area (TPSA) is 61.8 Å². The number of methoxy groups -OCH3 is 2. The van der Waals surface area contributed by atoms with Crippen molar-refractivity contribution in [2.24, 2.45) is 0 Å². The average molecular weight is 348 g/mol. The summed E-state index contributed by atoms with van der Waals surface area (Å²) in [5, 5.41) is 1.40. The minimum absolute atomic E-state index is 0.0960. The molecule has 0 saturated heterocycles. The van der Waals surface area contributed by atoms with E-state index in [9.17, 15) is 4.79 Å². The zero-order valence-electron chi connectivity index (χ0n) is 14.3. The van der Waals surface area contributed by atoms with Crippen molar-refractivity contribution < 1.29 is 18.3 Å². The lowest BCUT2D eigenvalue weighted by atomic mass is 10.1. The van der Waals surface area contributed by atoms with Crippen LogP contribution in [0.2, 0.25) is 0 Å².